The summed E-state index contributed by atoms with van der Waals surface area (Å²) in [6.45, 7) is 3.67. The SMILES string of the molecule is COc1cc2c(cc1OC)C[NH+](CC(=O)Nc1ccc(C)cc1F)CC2. The van der Waals surface area contributed by atoms with Crippen LogP contribution in [-0.4, -0.2) is 33.2 Å². The first-order chi connectivity index (χ1) is 12.5. The Kier molecular flexibility index (Phi) is 5.42. The second-order valence-corrected chi connectivity index (χ2v) is 6.61. The van der Waals surface area contributed by atoms with Gasteiger partial charge >= 0.3 is 0 Å². The number of aryl methyl sites for hydroxylation is 1. The Bertz CT molecular complexity index is 823. The number of nitrogens with one attached hydrogen (secondary N) is 2. The zero-order chi connectivity index (χ0) is 18.7. The van der Waals surface area contributed by atoms with Crippen molar-refractivity contribution in [3.8, 4) is 11.5 Å². The number of rotatable bonds is 5. The van der Waals surface area contributed by atoms with E-state index in [9.17, 15) is 9.18 Å². The molecule has 0 aromatic heterocycles. The summed E-state index contributed by atoms with van der Waals surface area (Å²) in [6, 6.07) is 8.78. The predicted molar refractivity (Wildman–Crippen MR) is 97.4 cm³/mol. The Morgan fingerprint density at radius 1 is 1.15 bits per heavy atom. The van der Waals surface area contributed by atoms with Crippen molar-refractivity contribution in [2.45, 2.75) is 19.9 Å². The summed E-state index contributed by atoms with van der Waals surface area (Å²) in [5.74, 6) is 0.821. The van der Waals surface area contributed by atoms with Crippen LogP contribution in [0.5, 0.6) is 11.5 Å². The molecule has 2 N–H and O–H groups in total. The van der Waals surface area contributed by atoms with Crippen molar-refractivity contribution < 1.29 is 23.6 Å². The van der Waals surface area contributed by atoms with Crippen LogP contribution >= 0.6 is 0 Å². The minimum atomic E-state index is -0.408. The number of methoxy groups -OCH3 is 2. The molecule has 6 heteroatoms. The number of anilines is 1. The van der Waals surface area contributed by atoms with Crippen molar-refractivity contribution in [2.24, 2.45) is 0 Å². The molecular weight excluding hydrogens is 335 g/mol. The number of halogens is 1. The quantitative estimate of drug-likeness (QED) is 0.855. The molecule has 0 fully saturated rings. The molecule has 1 aliphatic heterocycles. The number of amides is 1. The van der Waals surface area contributed by atoms with Gasteiger partial charge in [0.25, 0.3) is 5.91 Å². The van der Waals surface area contributed by atoms with E-state index in [1.807, 2.05) is 19.1 Å². The lowest BCUT2D eigenvalue weighted by Gasteiger charge is -2.26. The van der Waals surface area contributed by atoms with Gasteiger partial charge in [-0.05, 0) is 42.3 Å². The van der Waals surface area contributed by atoms with Crippen molar-refractivity contribution in [1.29, 1.82) is 0 Å². The van der Waals surface area contributed by atoms with Gasteiger partial charge in [-0.15, -0.1) is 0 Å². The van der Waals surface area contributed by atoms with Gasteiger partial charge in [0, 0.05) is 12.0 Å². The van der Waals surface area contributed by atoms with Crippen molar-refractivity contribution in [2.75, 3.05) is 32.6 Å². The third-order valence-electron chi connectivity index (χ3n) is 4.70. The van der Waals surface area contributed by atoms with Gasteiger partial charge in [-0.3, -0.25) is 4.79 Å². The Morgan fingerprint density at radius 2 is 1.85 bits per heavy atom. The maximum absolute atomic E-state index is 13.9. The first kappa shape index (κ1) is 18.2. The highest BCUT2D eigenvalue weighted by Crippen LogP contribution is 2.31. The van der Waals surface area contributed by atoms with Gasteiger partial charge < -0.3 is 19.7 Å². The Hall–Kier alpha value is -2.60. The monoisotopic (exact) mass is 359 g/mol. The van der Waals surface area contributed by atoms with Crippen LogP contribution in [-0.2, 0) is 17.8 Å². The molecule has 0 aliphatic carbocycles. The number of benzene rings is 2. The minimum absolute atomic E-state index is 0.188. The molecule has 3 rings (SSSR count). The third-order valence-corrected chi connectivity index (χ3v) is 4.70. The molecule has 0 saturated carbocycles. The van der Waals surface area contributed by atoms with Gasteiger partial charge in [0.05, 0.1) is 26.5 Å². The van der Waals surface area contributed by atoms with E-state index >= 15 is 0 Å². The molecule has 0 bridgehead atoms. The molecule has 1 heterocycles. The van der Waals surface area contributed by atoms with Crippen molar-refractivity contribution in [1.82, 2.24) is 0 Å². The third kappa shape index (κ3) is 3.96. The standard InChI is InChI=1S/C20H23FN2O3/c1-13-4-5-17(16(21)8-13)22-20(24)12-23-7-6-14-9-18(25-2)19(26-3)10-15(14)11-23/h4-5,8-10H,6-7,11-12H2,1-3H3,(H,22,24)/p+1. The van der Waals surface area contributed by atoms with E-state index in [2.05, 4.69) is 5.32 Å². The lowest BCUT2D eigenvalue weighted by atomic mass is 9.99. The number of hydrogen-bond donors (Lipinski definition) is 2. The topological polar surface area (TPSA) is 52.0 Å². The highest BCUT2D eigenvalue weighted by Gasteiger charge is 2.24. The normalized spacial score (nSPS) is 15.9. The van der Waals surface area contributed by atoms with Crippen molar-refractivity contribution in [3.05, 3.63) is 52.8 Å². The highest BCUT2D eigenvalue weighted by atomic mass is 19.1. The minimum Gasteiger partial charge on any atom is -0.493 e. The number of ether oxygens (including phenoxy) is 2. The maximum atomic E-state index is 13.9. The fourth-order valence-electron chi connectivity index (χ4n) is 3.32. The lowest BCUT2D eigenvalue weighted by molar-refractivity contribution is -0.907. The van der Waals surface area contributed by atoms with E-state index in [-0.39, 0.29) is 11.6 Å². The molecule has 5 nitrogen and oxygen atoms in total. The number of carbonyl (C=O) groups is 1. The summed E-state index contributed by atoms with van der Waals surface area (Å²) in [6.07, 6.45) is 0.858. The Morgan fingerprint density at radius 3 is 2.50 bits per heavy atom. The molecule has 0 spiro atoms. The van der Waals surface area contributed by atoms with Gasteiger partial charge in [-0.25, -0.2) is 4.39 Å². The predicted octanol–water partition coefficient (Wildman–Crippen LogP) is 1.73. The van der Waals surface area contributed by atoms with Crippen LogP contribution in [0.25, 0.3) is 0 Å². The van der Waals surface area contributed by atoms with Crippen LogP contribution in [0.3, 0.4) is 0 Å². The van der Waals surface area contributed by atoms with Gasteiger partial charge in [-0.1, -0.05) is 6.07 Å². The lowest BCUT2D eigenvalue weighted by Crippen LogP contribution is -3.12. The summed E-state index contributed by atoms with van der Waals surface area (Å²) in [5.41, 5.74) is 3.42. The molecule has 1 amide bonds. The van der Waals surface area contributed by atoms with Crippen molar-refractivity contribution in [3.63, 3.8) is 0 Å². The summed E-state index contributed by atoms with van der Waals surface area (Å²) in [5, 5.41) is 2.67. The summed E-state index contributed by atoms with van der Waals surface area (Å²) < 4.78 is 24.6. The zero-order valence-electron chi connectivity index (χ0n) is 15.3. The largest absolute Gasteiger partial charge is 0.493 e. The average molecular weight is 359 g/mol. The molecule has 2 aromatic carbocycles. The fourth-order valence-corrected chi connectivity index (χ4v) is 3.32. The highest BCUT2D eigenvalue weighted by molar-refractivity contribution is 5.91. The summed E-state index contributed by atoms with van der Waals surface area (Å²) in [4.78, 5) is 13.4. The molecular formula is C20H24FN2O3+. The molecule has 138 valence electrons. The maximum Gasteiger partial charge on any atom is 0.279 e. The second kappa shape index (κ2) is 7.74. The second-order valence-electron chi connectivity index (χ2n) is 6.61. The average Bonchev–Trinajstić information content (AvgIpc) is 2.62. The molecule has 1 atom stereocenters. The molecule has 26 heavy (non-hydrogen) atoms. The van der Waals surface area contributed by atoms with Crippen LogP contribution in [0.1, 0.15) is 16.7 Å². The van der Waals surface area contributed by atoms with Crippen LogP contribution in [0, 0.1) is 12.7 Å². The molecule has 0 saturated heterocycles. The van der Waals surface area contributed by atoms with E-state index in [1.54, 1.807) is 26.4 Å². The van der Waals surface area contributed by atoms with Crippen LogP contribution in [0.15, 0.2) is 30.3 Å². The number of quaternary nitrogens is 1. The van der Waals surface area contributed by atoms with Crippen LogP contribution in [0.2, 0.25) is 0 Å². The fraction of sp³-hybridized carbons (Fsp3) is 0.350. The number of carbonyl (C=O) groups excluding carboxylic acids is 1. The van der Waals surface area contributed by atoms with E-state index in [0.29, 0.717) is 12.3 Å². The summed E-state index contributed by atoms with van der Waals surface area (Å²) >= 11 is 0. The smallest absolute Gasteiger partial charge is 0.279 e. The van der Waals surface area contributed by atoms with Gasteiger partial charge in [0.2, 0.25) is 0 Å². The zero-order valence-corrected chi connectivity index (χ0v) is 15.3. The number of hydrogen-bond acceptors (Lipinski definition) is 3. The Balaban J connectivity index is 1.66. The van der Waals surface area contributed by atoms with E-state index in [4.69, 9.17) is 9.47 Å². The van der Waals surface area contributed by atoms with Crippen LogP contribution in [0.4, 0.5) is 10.1 Å². The first-order valence-electron chi connectivity index (χ1n) is 8.63. The van der Waals surface area contributed by atoms with Gasteiger partial charge in [0.1, 0.15) is 12.4 Å². The van der Waals surface area contributed by atoms with E-state index in [1.165, 1.54) is 11.6 Å². The Labute approximate surface area is 152 Å². The number of fused-ring (bicyclic) bond motifs is 1. The van der Waals surface area contributed by atoms with Crippen molar-refractivity contribution >= 4 is 11.6 Å². The molecule has 1 aliphatic rings. The van der Waals surface area contributed by atoms with E-state index in [0.717, 1.165) is 41.3 Å². The van der Waals surface area contributed by atoms with Crippen LogP contribution < -0.4 is 19.7 Å². The molecule has 0 radical (unpaired) electrons. The van der Waals surface area contributed by atoms with E-state index < -0.39 is 5.82 Å². The van der Waals surface area contributed by atoms with Gasteiger partial charge in [0.15, 0.2) is 18.0 Å². The summed E-state index contributed by atoms with van der Waals surface area (Å²) in [7, 11) is 3.24. The molecule has 1 unspecified atom stereocenters. The van der Waals surface area contributed by atoms with Gasteiger partial charge in [-0.2, -0.15) is 0 Å². The molecule has 2 aromatic rings. The first-order valence-corrected chi connectivity index (χ1v) is 8.63.